The molecule has 4 heteroatoms. The fourth-order valence-electron chi connectivity index (χ4n) is 1.64. The minimum Gasteiger partial charge on any atom is -0.508 e. The summed E-state index contributed by atoms with van der Waals surface area (Å²) in [4.78, 5) is 0. The van der Waals surface area contributed by atoms with E-state index in [4.69, 9.17) is 5.73 Å². The number of benzene rings is 1. The summed E-state index contributed by atoms with van der Waals surface area (Å²) in [6.07, 6.45) is 0. The van der Waals surface area contributed by atoms with E-state index >= 15 is 0 Å². The van der Waals surface area contributed by atoms with Crippen molar-refractivity contribution in [2.45, 2.75) is 20.4 Å². The zero-order valence-electron chi connectivity index (χ0n) is 9.44. The van der Waals surface area contributed by atoms with Gasteiger partial charge >= 0.3 is 0 Å². The molecule has 0 atom stereocenters. The van der Waals surface area contributed by atoms with E-state index in [0.29, 0.717) is 6.54 Å². The molecule has 4 nitrogen and oxygen atoms in total. The molecule has 16 heavy (non-hydrogen) atoms. The number of phenols is 1. The number of aromatic hydroxyl groups is 1. The number of rotatable bonds is 2. The van der Waals surface area contributed by atoms with E-state index in [0.717, 1.165) is 22.6 Å². The molecular formula is C12H15N3O. The first-order chi connectivity index (χ1) is 7.58. The normalized spacial score (nSPS) is 10.6. The van der Waals surface area contributed by atoms with Gasteiger partial charge in [0.1, 0.15) is 5.75 Å². The minimum absolute atomic E-state index is 0.275. The highest BCUT2D eigenvalue weighted by Crippen LogP contribution is 2.17. The molecular weight excluding hydrogens is 202 g/mol. The van der Waals surface area contributed by atoms with Crippen molar-refractivity contribution in [3.63, 3.8) is 0 Å². The molecule has 2 rings (SSSR count). The van der Waals surface area contributed by atoms with Crippen LogP contribution in [0.2, 0.25) is 0 Å². The average molecular weight is 217 g/mol. The van der Waals surface area contributed by atoms with Gasteiger partial charge in [-0.3, -0.25) is 4.68 Å². The van der Waals surface area contributed by atoms with Crippen molar-refractivity contribution in [1.29, 1.82) is 0 Å². The summed E-state index contributed by atoms with van der Waals surface area (Å²) >= 11 is 0. The summed E-state index contributed by atoms with van der Waals surface area (Å²) in [5.74, 6) is 0.275. The van der Waals surface area contributed by atoms with E-state index in [2.05, 4.69) is 5.10 Å². The molecule has 3 N–H and O–H groups in total. The van der Waals surface area contributed by atoms with Gasteiger partial charge in [0, 0.05) is 0 Å². The van der Waals surface area contributed by atoms with E-state index in [1.165, 1.54) is 0 Å². The first kappa shape index (κ1) is 10.5. The lowest BCUT2D eigenvalue weighted by Crippen LogP contribution is -2.04. The van der Waals surface area contributed by atoms with E-state index in [1.807, 2.05) is 30.7 Å². The molecule has 0 aliphatic rings. The highest BCUT2D eigenvalue weighted by molar-refractivity contribution is 5.47. The Morgan fingerprint density at radius 3 is 2.38 bits per heavy atom. The third kappa shape index (κ3) is 1.86. The van der Waals surface area contributed by atoms with E-state index in [9.17, 15) is 5.11 Å². The number of nitrogens with zero attached hydrogens (tertiary/aromatic N) is 2. The molecule has 1 heterocycles. The maximum Gasteiger partial charge on any atom is 0.115 e. The quantitative estimate of drug-likeness (QED) is 0.806. The lowest BCUT2D eigenvalue weighted by molar-refractivity contribution is 0.475. The predicted octanol–water partition coefficient (Wildman–Crippen LogP) is 1.84. The van der Waals surface area contributed by atoms with Gasteiger partial charge in [-0.2, -0.15) is 5.10 Å². The Bertz CT molecular complexity index is 500. The molecule has 0 saturated heterocycles. The van der Waals surface area contributed by atoms with Gasteiger partial charge in [-0.15, -0.1) is 0 Å². The van der Waals surface area contributed by atoms with Gasteiger partial charge in [0.25, 0.3) is 0 Å². The number of aromatic nitrogens is 2. The molecule has 0 fully saturated rings. The molecule has 0 radical (unpaired) electrons. The first-order valence-corrected chi connectivity index (χ1v) is 5.15. The predicted molar refractivity (Wildman–Crippen MR) is 63.3 cm³/mol. The molecule has 0 aliphatic heterocycles. The van der Waals surface area contributed by atoms with Crippen LogP contribution in [0.25, 0.3) is 0 Å². The van der Waals surface area contributed by atoms with Crippen LogP contribution in [-0.2, 0) is 6.54 Å². The van der Waals surface area contributed by atoms with Crippen molar-refractivity contribution in [3.8, 4) is 5.75 Å². The standard InChI is InChI=1S/C12H15N3O/c1-8-12(13)9(2)15(14-8)7-10-3-5-11(16)6-4-10/h3-6,16H,7,13H2,1-2H3. The van der Waals surface area contributed by atoms with Gasteiger partial charge in [0.15, 0.2) is 0 Å². The second-order valence-electron chi connectivity index (χ2n) is 3.91. The molecule has 0 unspecified atom stereocenters. The van der Waals surface area contributed by atoms with E-state index < -0.39 is 0 Å². The van der Waals surface area contributed by atoms with Crippen molar-refractivity contribution < 1.29 is 5.11 Å². The zero-order valence-corrected chi connectivity index (χ0v) is 9.44. The fourth-order valence-corrected chi connectivity index (χ4v) is 1.64. The van der Waals surface area contributed by atoms with Crippen LogP contribution in [0, 0.1) is 13.8 Å². The highest BCUT2D eigenvalue weighted by Gasteiger charge is 2.07. The Labute approximate surface area is 94.3 Å². The van der Waals surface area contributed by atoms with Crippen molar-refractivity contribution in [2.24, 2.45) is 0 Å². The largest absolute Gasteiger partial charge is 0.508 e. The molecule has 0 aliphatic carbocycles. The number of anilines is 1. The minimum atomic E-state index is 0.275. The van der Waals surface area contributed by atoms with Gasteiger partial charge < -0.3 is 10.8 Å². The van der Waals surface area contributed by atoms with Crippen LogP contribution in [0.15, 0.2) is 24.3 Å². The third-order valence-electron chi connectivity index (χ3n) is 2.71. The summed E-state index contributed by atoms with van der Waals surface area (Å²) < 4.78 is 1.87. The molecule has 1 aromatic heterocycles. The Kier molecular flexibility index (Phi) is 2.56. The monoisotopic (exact) mass is 217 g/mol. The van der Waals surface area contributed by atoms with Crippen molar-refractivity contribution >= 4 is 5.69 Å². The van der Waals surface area contributed by atoms with E-state index in [1.54, 1.807) is 12.1 Å². The van der Waals surface area contributed by atoms with Crippen molar-refractivity contribution in [1.82, 2.24) is 9.78 Å². The van der Waals surface area contributed by atoms with Crippen LogP contribution in [-0.4, -0.2) is 14.9 Å². The SMILES string of the molecule is Cc1nn(Cc2ccc(O)cc2)c(C)c1N. The van der Waals surface area contributed by atoms with Crippen LogP contribution >= 0.6 is 0 Å². The molecule has 1 aromatic carbocycles. The second kappa shape index (κ2) is 3.89. The Morgan fingerprint density at radius 1 is 1.25 bits per heavy atom. The molecule has 0 saturated carbocycles. The summed E-state index contributed by atoms with van der Waals surface area (Å²) in [5.41, 5.74) is 9.53. The lowest BCUT2D eigenvalue weighted by Gasteiger charge is -2.04. The number of nitrogen functional groups attached to an aromatic ring is 1. The average Bonchev–Trinajstić information content (AvgIpc) is 2.50. The van der Waals surface area contributed by atoms with Crippen LogP contribution in [0.5, 0.6) is 5.75 Å². The van der Waals surface area contributed by atoms with Gasteiger partial charge in [0.05, 0.1) is 23.6 Å². The summed E-state index contributed by atoms with van der Waals surface area (Å²) in [6, 6.07) is 7.10. The number of nitrogens with two attached hydrogens (primary N) is 1. The summed E-state index contributed by atoms with van der Waals surface area (Å²) in [7, 11) is 0. The summed E-state index contributed by atoms with van der Waals surface area (Å²) in [6.45, 7) is 4.52. The second-order valence-corrected chi connectivity index (χ2v) is 3.91. The number of aryl methyl sites for hydroxylation is 1. The molecule has 2 aromatic rings. The van der Waals surface area contributed by atoms with Crippen LogP contribution < -0.4 is 5.73 Å². The third-order valence-corrected chi connectivity index (χ3v) is 2.71. The molecule has 0 bridgehead atoms. The maximum atomic E-state index is 9.18. The van der Waals surface area contributed by atoms with Gasteiger partial charge in [-0.25, -0.2) is 0 Å². The maximum absolute atomic E-state index is 9.18. The highest BCUT2D eigenvalue weighted by atomic mass is 16.3. The van der Waals surface area contributed by atoms with Crippen LogP contribution in [0.4, 0.5) is 5.69 Å². The van der Waals surface area contributed by atoms with Crippen LogP contribution in [0.1, 0.15) is 17.0 Å². The van der Waals surface area contributed by atoms with Crippen molar-refractivity contribution in [3.05, 3.63) is 41.2 Å². The Hall–Kier alpha value is -1.97. The van der Waals surface area contributed by atoms with Crippen LogP contribution in [0.3, 0.4) is 0 Å². The number of phenolic OH excluding ortho intramolecular Hbond substituents is 1. The summed E-state index contributed by atoms with van der Waals surface area (Å²) in [5, 5.41) is 13.5. The zero-order chi connectivity index (χ0) is 11.7. The van der Waals surface area contributed by atoms with Gasteiger partial charge in [0.2, 0.25) is 0 Å². The lowest BCUT2D eigenvalue weighted by atomic mass is 10.2. The Morgan fingerprint density at radius 2 is 1.88 bits per heavy atom. The first-order valence-electron chi connectivity index (χ1n) is 5.15. The van der Waals surface area contributed by atoms with Gasteiger partial charge in [-0.05, 0) is 31.5 Å². The van der Waals surface area contributed by atoms with E-state index in [-0.39, 0.29) is 5.75 Å². The van der Waals surface area contributed by atoms with Crippen molar-refractivity contribution in [2.75, 3.05) is 5.73 Å². The number of hydrogen-bond donors (Lipinski definition) is 2. The van der Waals surface area contributed by atoms with Gasteiger partial charge in [-0.1, -0.05) is 12.1 Å². The smallest absolute Gasteiger partial charge is 0.115 e. The molecule has 0 spiro atoms. The molecule has 0 amide bonds. The number of hydrogen-bond acceptors (Lipinski definition) is 3. The topological polar surface area (TPSA) is 64.1 Å². The molecule has 84 valence electrons. The Balaban J connectivity index is 2.27. The fraction of sp³-hybridized carbons (Fsp3) is 0.250.